The van der Waals surface area contributed by atoms with Gasteiger partial charge >= 0.3 is 0 Å². The second-order valence-corrected chi connectivity index (χ2v) is 7.63. The summed E-state index contributed by atoms with van der Waals surface area (Å²) < 4.78 is 30.5. The SMILES string of the molecule is COc1cccc(N(CCC(=O)Nc2ccccc2Cl)S(C)(=O)=O)c1. The number of anilines is 2. The zero-order valence-electron chi connectivity index (χ0n) is 13.9. The number of sulfonamides is 1. The fourth-order valence-electron chi connectivity index (χ4n) is 2.23. The fraction of sp³-hybridized carbons (Fsp3) is 0.235. The fourth-order valence-corrected chi connectivity index (χ4v) is 3.33. The molecule has 2 aromatic carbocycles. The van der Waals surface area contributed by atoms with Gasteiger partial charge in [-0.15, -0.1) is 0 Å². The summed E-state index contributed by atoms with van der Waals surface area (Å²) in [6, 6.07) is 13.5. The number of para-hydroxylation sites is 1. The van der Waals surface area contributed by atoms with Crippen LogP contribution in [0.15, 0.2) is 48.5 Å². The van der Waals surface area contributed by atoms with Crippen molar-refractivity contribution in [3.8, 4) is 5.75 Å². The second-order valence-electron chi connectivity index (χ2n) is 5.31. The molecule has 6 nitrogen and oxygen atoms in total. The Morgan fingerprint density at radius 2 is 1.92 bits per heavy atom. The lowest BCUT2D eigenvalue weighted by Crippen LogP contribution is -2.33. The summed E-state index contributed by atoms with van der Waals surface area (Å²) in [4.78, 5) is 12.1. The minimum atomic E-state index is -3.55. The van der Waals surface area contributed by atoms with Crippen LogP contribution in [-0.4, -0.2) is 34.2 Å². The van der Waals surface area contributed by atoms with Gasteiger partial charge in [0.15, 0.2) is 0 Å². The molecule has 0 aliphatic heterocycles. The van der Waals surface area contributed by atoms with Gasteiger partial charge in [-0.05, 0) is 24.3 Å². The normalized spacial score (nSPS) is 11.0. The number of ether oxygens (including phenoxy) is 1. The van der Waals surface area contributed by atoms with Gasteiger partial charge in [0, 0.05) is 19.0 Å². The molecule has 1 amide bonds. The van der Waals surface area contributed by atoms with E-state index in [0.717, 1.165) is 6.26 Å². The van der Waals surface area contributed by atoms with Gasteiger partial charge in [-0.2, -0.15) is 0 Å². The van der Waals surface area contributed by atoms with Gasteiger partial charge in [-0.25, -0.2) is 8.42 Å². The third-order valence-corrected chi connectivity index (χ3v) is 4.96. The van der Waals surface area contributed by atoms with E-state index in [2.05, 4.69) is 5.32 Å². The third kappa shape index (κ3) is 5.37. The number of hydrogen-bond acceptors (Lipinski definition) is 4. The highest BCUT2D eigenvalue weighted by Crippen LogP contribution is 2.24. The molecule has 0 saturated heterocycles. The van der Waals surface area contributed by atoms with Crippen LogP contribution in [-0.2, 0) is 14.8 Å². The molecular weight excluding hydrogens is 364 g/mol. The van der Waals surface area contributed by atoms with Crippen molar-refractivity contribution in [3.05, 3.63) is 53.6 Å². The van der Waals surface area contributed by atoms with Crippen molar-refractivity contribution in [2.75, 3.05) is 29.5 Å². The molecule has 0 atom stereocenters. The Morgan fingerprint density at radius 3 is 2.56 bits per heavy atom. The van der Waals surface area contributed by atoms with Crippen LogP contribution in [0.25, 0.3) is 0 Å². The minimum absolute atomic E-state index is 0.00227. The first-order valence-electron chi connectivity index (χ1n) is 7.47. The molecule has 8 heteroatoms. The predicted octanol–water partition coefficient (Wildman–Crippen LogP) is 3.14. The predicted molar refractivity (Wildman–Crippen MR) is 99.9 cm³/mol. The number of carbonyl (C=O) groups is 1. The van der Waals surface area contributed by atoms with Crippen LogP contribution in [0.4, 0.5) is 11.4 Å². The van der Waals surface area contributed by atoms with Gasteiger partial charge in [-0.3, -0.25) is 9.10 Å². The number of methoxy groups -OCH3 is 1. The average Bonchev–Trinajstić information content (AvgIpc) is 2.56. The smallest absolute Gasteiger partial charge is 0.232 e. The van der Waals surface area contributed by atoms with Gasteiger partial charge < -0.3 is 10.1 Å². The van der Waals surface area contributed by atoms with Gasteiger partial charge in [0.2, 0.25) is 15.9 Å². The minimum Gasteiger partial charge on any atom is -0.497 e. The molecule has 0 bridgehead atoms. The summed E-state index contributed by atoms with van der Waals surface area (Å²) >= 11 is 6.00. The van der Waals surface area contributed by atoms with Crippen molar-refractivity contribution in [3.63, 3.8) is 0 Å². The van der Waals surface area contributed by atoms with Crippen LogP contribution in [0.5, 0.6) is 5.75 Å². The third-order valence-electron chi connectivity index (χ3n) is 3.43. The van der Waals surface area contributed by atoms with E-state index in [0.29, 0.717) is 22.1 Å². The number of nitrogens with zero attached hydrogens (tertiary/aromatic N) is 1. The summed E-state index contributed by atoms with van der Waals surface area (Å²) in [5.74, 6) is 0.205. The molecule has 0 heterocycles. The number of hydrogen-bond donors (Lipinski definition) is 1. The maximum absolute atomic E-state index is 12.1. The monoisotopic (exact) mass is 382 g/mol. The number of carbonyl (C=O) groups excluding carboxylic acids is 1. The molecular formula is C17H19ClN2O4S. The highest BCUT2D eigenvalue weighted by atomic mass is 35.5. The molecule has 134 valence electrons. The van der Waals surface area contributed by atoms with Crippen molar-refractivity contribution in [2.24, 2.45) is 0 Å². The summed E-state index contributed by atoms with van der Waals surface area (Å²) in [5, 5.41) is 3.09. The lowest BCUT2D eigenvalue weighted by atomic mass is 10.2. The van der Waals surface area contributed by atoms with E-state index in [1.165, 1.54) is 11.4 Å². The molecule has 0 aliphatic carbocycles. The maximum Gasteiger partial charge on any atom is 0.232 e. The molecule has 0 saturated carbocycles. The van der Waals surface area contributed by atoms with E-state index in [1.807, 2.05) is 0 Å². The Morgan fingerprint density at radius 1 is 1.20 bits per heavy atom. The summed E-state index contributed by atoms with van der Waals surface area (Å²) in [5.41, 5.74) is 0.925. The van der Waals surface area contributed by atoms with Crippen molar-refractivity contribution in [1.29, 1.82) is 0 Å². The largest absolute Gasteiger partial charge is 0.497 e. The highest BCUT2D eigenvalue weighted by molar-refractivity contribution is 7.92. The molecule has 25 heavy (non-hydrogen) atoms. The van der Waals surface area contributed by atoms with Crippen LogP contribution in [0, 0.1) is 0 Å². The van der Waals surface area contributed by atoms with Crippen LogP contribution >= 0.6 is 11.6 Å². The first kappa shape index (κ1) is 19.1. The average molecular weight is 383 g/mol. The number of rotatable bonds is 7. The molecule has 0 unspecified atom stereocenters. The Labute approximate surface area is 152 Å². The van der Waals surface area contributed by atoms with Crippen molar-refractivity contribution in [1.82, 2.24) is 0 Å². The summed E-state index contributed by atoms with van der Waals surface area (Å²) in [7, 11) is -2.05. The van der Waals surface area contributed by atoms with E-state index < -0.39 is 10.0 Å². The van der Waals surface area contributed by atoms with Crippen LogP contribution in [0.3, 0.4) is 0 Å². The zero-order chi connectivity index (χ0) is 18.4. The van der Waals surface area contributed by atoms with Crippen molar-refractivity contribution >= 4 is 38.9 Å². The number of halogens is 1. The first-order valence-corrected chi connectivity index (χ1v) is 9.70. The number of benzene rings is 2. The molecule has 0 spiro atoms. The van der Waals surface area contributed by atoms with Gasteiger partial charge in [-0.1, -0.05) is 29.8 Å². The quantitative estimate of drug-likeness (QED) is 0.798. The molecule has 2 aromatic rings. The topological polar surface area (TPSA) is 75.7 Å². The summed E-state index contributed by atoms with van der Waals surface area (Å²) in [6.07, 6.45) is 1.08. The molecule has 0 aliphatic rings. The van der Waals surface area contributed by atoms with E-state index in [9.17, 15) is 13.2 Å². The number of amides is 1. The molecule has 0 radical (unpaired) electrons. The van der Waals surface area contributed by atoms with Crippen LogP contribution in [0.2, 0.25) is 5.02 Å². The Kier molecular flexibility index (Phi) is 6.27. The van der Waals surface area contributed by atoms with E-state index in [-0.39, 0.29) is 18.9 Å². The molecule has 1 N–H and O–H groups in total. The Balaban J connectivity index is 2.10. The van der Waals surface area contributed by atoms with Gasteiger partial charge in [0.25, 0.3) is 0 Å². The van der Waals surface area contributed by atoms with E-state index in [4.69, 9.17) is 16.3 Å². The lowest BCUT2D eigenvalue weighted by molar-refractivity contribution is -0.116. The van der Waals surface area contributed by atoms with Crippen LogP contribution < -0.4 is 14.4 Å². The van der Waals surface area contributed by atoms with Gasteiger partial charge in [0.1, 0.15) is 5.75 Å². The molecule has 2 rings (SSSR count). The van der Waals surface area contributed by atoms with E-state index in [1.54, 1.807) is 48.5 Å². The number of nitrogens with one attached hydrogen (secondary N) is 1. The van der Waals surface area contributed by atoms with Gasteiger partial charge in [0.05, 0.1) is 29.8 Å². The second kappa shape index (κ2) is 8.22. The Hall–Kier alpha value is -2.25. The van der Waals surface area contributed by atoms with Crippen molar-refractivity contribution < 1.29 is 17.9 Å². The van der Waals surface area contributed by atoms with Crippen LogP contribution in [0.1, 0.15) is 6.42 Å². The maximum atomic E-state index is 12.1. The standard InChI is InChI=1S/C17H19ClN2O4S/c1-24-14-7-5-6-13(12-14)20(25(2,22)23)11-10-17(21)19-16-9-4-3-8-15(16)18/h3-9,12H,10-11H2,1-2H3,(H,19,21). The highest BCUT2D eigenvalue weighted by Gasteiger charge is 2.19. The Bertz CT molecular complexity index is 855. The first-order chi connectivity index (χ1) is 11.8. The molecule has 0 fully saturated rings. The van der Waals surface area contributed by atoms with Crippen molar-refractivity contribution in [2.45, 2.75) is 6.42 Å². The lowest BCUT2D eigenvalue weighted by Gasteiger charge is -2.22. The summed E-state index contributed by atoms with van der Waals surface area (Å²) in [6.45, 7) is 0.00227. The zero-order valence-corrected chi connectivity index (χ0v) is 15.5. The van der Waals surface area contributed by atoms with E-state index >= 15 is 0 Å². The molecule has 0 aromatic heterocycles.